The standard InChI is InChI=1S/C20H26F15N2O6/c1-37(2,3)6-4-5-36(12-11(41)10(40)9(39)8(7-38)43-12)13(42)14(21,22)15(23,24)16(25,26)17(27,28)18(29,30)19(31,32)20(33,34)35/h8-12,38-41H,4-7H2,1-3H3/q+1/t8-,9-,10+,11-,12-/m1/s1. The van der Waals surface area contributed by atoms with Gasteiger partial charge in [0.25, 0.3) is 0 Å². The van der Waals surface area contributed by atoms with E-state index < -0.39 is 103 Å². The van der Waals surface area contributed by atoms with Gasteiger partial charge in [0.05, 0.1) is 34.3 Å². The summed E-state index contributed by atoms with van der Waals surface area (Å²) in [5.74, 6) is -53.1. The number of hydrogen-bond acceptors (Lipinski definition) is 6. The second-order valence-corrected chi connectivity index (χ2v) is 10.5. The number of hydrogen-bond donors (Lipinski definition) is 4. The fourth-order valence-electron chi connectivity index (χ4n) is 3.68. The van der Waals surface area contributed by atoms with Gasteiger partial charge in [-0.15, -0.1) is 0 Å². The molecule has 0 aromatic rings. The lowest BCUT2D eigenvalue weighted by atomic mass is 9.90. The van der Waals surface area contributed by atoms with Gasteiger partial charge in [-0.25, -0.2) is 0 Å². The van der Waals surface area contributed by atoms with Crippen molar-refractivity contribution in [2.24, 2.45) is 0 Å². The SMILES string of the molecule is C[N+](C)(C)CCCN(C(=O)C(F)(F)C(F)(F)C(F)(F)C(F)(F)C(F)(F)C(F)(F)C(F)(F)F)[C@@H]1O[C@H](CO)[C@@H](O)[C@H](O)[C@H]1O. The van der Waals surface area contributed by atoms with Crippen LogP contribution in [0.5, 0.6) is 0 Å². The summed E-state index contributed by atoms with van der Waals surface area (Å²) in [6.07, 6.45) is -21.0. The molecule has 0 unspecified atom stereocenters. The Morgan fingerprint density at radius 3 is 1.51 bits per heavy atom. The van der Waals surface area contributed by atoms with Crippen LogP contribution in [0.15, 0.2) is 0 Å². The van der Waals surface area contributed by atoms with Gasteiger partial charge in [0.2, 0.25) is 0 Å². The Balaban J connectivity index is 3.73. The van der Waals surface area contributed by atoms with Gasteiger partial charge in [-0.1, -0.05) is 0 Å². The van der Waals surface area contributed by atoms with Gasteiger partial charge in [0, 0.05) is 13.0 Å². The first-order valence-electron chi connectivity index (χ1n) is 11.5. The van der Waals surface area contributed by atoms with E-state index in [0.29, 0.717) is 0 Å². The fraction of sp³-hybridized carbons (Fsp3) is 0.950. The molecule has 4 N–H and O–H groups in total. The van der Waals surface area contributed by atoms with Crippen LogP contribution in [0.3, 0.4) is 0 Å². The molecule has 1 aliphatic rings. The summed E-state index contributed by atoms with van der Waals surface area (Å²) in [6.45, 7) is -2.93. The van der Waals surface area contributed by atoms with Crippen molar-refractivity contribution in [3.8, 4) is 0 Å². The number of nitrogens with zero attached hydrogens (tertiary/aromatic N) is 2. The van der Waals surface area contributed by atoms with Crippen LogP contribution in [0.4, 0.5) is 65.9 Å². The molecular weight excluding hydrogens is 649 g/mol. The van der Waals surface area contributed by atoms with Gasteiger partial charge in [-0.05, 0) is 0 Å². The van der Waals surface area contributed by atoms with Crippen molar-refractivity contribution in [2.75, 3.05) is 40.8 Å². The number of carbonyl (C=O) groups excluding carboxylic acids is 1. The molecule has 256 valence electrons. The second-order valence-electron chi connectivity index (χ2n) is 10.5. The minimum absolute atomic E-state index is 0.101. The number of aliphatic hydroxyl groups is 4. The number of alkyl halides is 15. The van der Waals surface area contributed by atoms with Crippen LogP contribution in [-0.4, -0.2) is 149 Å². The molecule has 0 aliphatic carbocycles. The van der Waals surface area contributed by atoms with Gasteiger partial charge < -0.3 is 34.5 Å². The van der Waals surface area contributed by atoms with Crippen molar-refractivity contribution >= 4 is 5.91 Å². The zero-order valence-electron chi connectivity index (χ0n) is 21.9. The normalized spacial score (nSPS) is 25.6. The largest absolute Gasteiger partial charge is 0.460 e. The molecule has 0 saturated carbocycles. The summed E-state index contributed by atoms with van der Waals surface area (Å²) in [6, 6.07) is 0. The van der Waals surface area contributed by atoms with Crippen LogP contribution in [0.25, 0.3) is 0 Å². The molecule has 1 aliphatic heterocycles. The van der Waals surface area contributed by atoms with Crippen LogP contribution >= 0.6 is 0 Å². The molecule has 8 nitrogen and oxygen atoms in total. The summed E-state index contributed by atoms with van der Waals surface area (Å²) in [4.78, 5) is 11.8. The lowest BCUT2D eigenvalue weighted by molar-refractivity contribution is -0.870. The number of ether oxygens (including phenoxy) is 1. The van der Waals surface area contributed by atoms with Gasteiger partial charge in [0.15, 0.2) is 6.23 Å². The Morgan fingerprint density at radius 2 is 1.12 bits per heavy atom. The summed E-state index contributed by atoms with van der Waals surface area (Å²) in [5, 5.41) is 39.0. The van der Waals surface area contributed by atoms with E-state index in [1.165, 1.54) is 21.1 Å². The van der Waals surface area contributed by atoms with E-state index in [-0.39, 0.29) is 11.0 Å². The minimum atomic E-state index is -8.62. The first-order valence-corrected chi connectivity index (χ1v) is 11.5. The summed E-state index contributed by atoms with van der Waals surface area (Å²) in [5.41, 5.74) is 0. The zero-order valence-corrected chi connectivity index (χ0v) is 21.9. The lowest BCUT2D eigenvalue weighted by Gasteiger charge is -2.46. The smallest absolute Gasteiger partial charge is 0.394 e. The molecule has 0 spiro atoms. The maximum atomic E-state index is 14.8. The molecule has 0 radical (unpaired) electrons. The van der Waals surface area contributed by atoms with Crippen molar-refractivity contribution in [3.05, 3.63) is 0 Å². The summed E-state index contributed by atoms with van der Waals surface area (Å²) < 4.78 is 209. The maximum absolute atomic E-state index is 14.8. The average Bonchev–Trinajstić information content (AvgIpc) is 2.83. The van der Waals surface area contributed by atoms with Crippen molar-refractivity contribution in [1.82, 2.24) is 4.90 Å². The number of quaternary nitrogens is 1. The summed E-state index contributed by atoms with van der Waals surface area (Å²) in [7, 11) is 4.26. The highest BCUT2D eigenvalue weighted by molar-refractivity contribution is 5.85. The lowest BCUT2D eigenvalue weighted by Crippen LogP contribution is -2.74. The topological polar surface area (TPSA) is 110 Å². The van der Waals surface area contributed by atoms with Gasteiger partial charge in [-0.3, -0.25) is 4.79 Å². The predicted molar refractivity (Wildman–Crippen MR) is 109 cm³/mol. The number of halogens is 15. The van der Waals surface area contributed by atoms with Crippen LogP contribution < -0.4 is 0 Å². The second kappa shape index (κ2) is 11.8. The quantitative estimate of drug-likeness (QED) is 0.187. The zero-order chi connectivity index (χ0) is 34.6. The number of aliphatic hydroxyl groups excluding tert-OH is 4. The highest BCUT2D eigenvalue weighted by atomic mass is 19.4. The minimum Gasteiger partial charge on any atom is -0.394 e. The Kier molecular flexibility index (Phi) is 10.8. The molecule has 43 heavy (non-hydrogen) atoms. The maximum Gasteiger partial charge on any atom is 0.460 e. The van der Waals surface area contributed by atoms with E-state index in [9.17, 15) is 91.1 Å². The van der Waals surface area contributed by atoms with E-state index in [1.807, 2.05) is 0 Å². The average molecular weight is 675 g/mol. The van der Waals surface area contributed by atoms with Crippen LogP contribution in [0.1, 0.15) is 6.42 Å². The number of rotatable bonds is 12. The molecule has 1 amide bonds. The molecule has 5 atom stereocenters. The van der Waals surface area contributed by atoms with E-state index in [0.717, 1.165) is 0 Å². The van der Waals surface area contributed by atoms with E-state index in [4.69, 9.17) is 4.74 Å². The molecule has 1 saturated heterocycles. The first kappa shape index (κ1) is 39.2. The van der Waals surface area contributed by atoms with Gasteiger partial charge in [-0.2, -0.15) is 65.9 Å². The Labute approximate surface area is 231 Å². The van der Waals surface area contributed by atoms with Gasteiger partial charge in [0.1, 0.15) is 24.4 Å². The molecule has 1 heterocycles. The summed E-state index contributed by atoms with van der Waals surface area (Å²) >= 11 is 0. The van der Waals surface area contributed by atoms with Crippen molar-refractivity contribution < 1.29 is 100 Å². The molecule has 1 fully saturated rings. The van der Waals surface area contributed by atoms with Crippen LogP contribution in [0.2, 0.25) is 0 Å². The van der Waals surface area contributed by atoms with E-state index in [2.05, 4.69) is 0 Å². The molecule has 0 aromatic heterocycles. The first-order chi connectivity index (χ1) is 18.8. The molecule has 1 rings (SSSR count). The molecular formula is C20H26F15N2O6+. The molecule has 0 bridgehead atoms. The Bertz CT molecular complexity index is 987. The third kappa shape index (κ3) is 6.47. The highest BCUT2D eigenvalue weighted by Crippen LogP contribution is 2.62. The molecule has 23 heteroatoms. The fourth-order valence-corrected chi connectivity index (χ4v) is 3.68. The van der Waals surface area contributed by atoms with Crippen molar-refractivity contribution in [2.45, 2.75) is 78.8 Å². The van der Waals surface area contributed by atoms with Crippen LogP contribution in [0, 0.1) is 0 Å². The van der Waals surface area contributed by atoms with Crippen molar-refractivity contribution in [3.63, 3.8) is 0 Å². The monoisotopic (exact) mass is 675 g/mol. The van der Waals surface area contributed by atoms with Crippen LogP contribution in [-0.2, 0) is 9.53 Å². The Morgan fingerprint density at radius 1 is 0.698 bits per heavy atom. The van der Waals surface area contributed by atoms with Crippen molar-refractivity contribution in [1.29, 1.82) is 0 Å². The molecule has 0 aromatic carbocycles. The van der Waals surface area contributed by atoms with Gasteiger partial charge >= 0.3 is 47.6 Å². The predicted octanol–water partition coefficient (Wildman–Crippen LogP) is 2.09. The van der Waals surface area contributed by atoms with E-state index in [1.54, 1.807) is 0 Å². The third-order valence-electron chi connectivity index (χ3n) is 6.26. The van der Waals surface area contributed by atoms with E-state index >= 15 is 0 Å². The Hall–Kier alpha value is -1.82. The highest BCUT2D eigenvalue weighted by Gasteiger charge is 2.94. The third-order valence-corrected chi connectivity index (χ3v) is 6.26. The number of carbonyl (C=O) groups is 1. The number of amides is 1.